The molecule has 1 amide bonds. The number of aromatic nitrogens is 2. The summed E-state index contributed by atoms with van der Waals surface area (Å²) in [7, 11) is 0. The Morgan fingerprint density at radius 2 is 1.87 bits per heavy atom. The number of benzene rings is 2. The number of fused-ring (bicyclic) bond motifs is 2. The molecular formula is C24H21N3O2S. The number of aryl methyl sites for hydroxylation is 2. The molecule has 2 aromatic heterocycles. The normalized spacial score (nSPS) is 13.4. The molecule has 0 saturated heterocycles. The zero-order valence-corrected chi connectivity index (χ0v) is 17.5. The van der Waals surface area contributed by atoms with Gasteiger partial charge in [-0.1, -0.05) is 48.5 Å². The summed E-state index contributed by atoms with van der Waals surface area (Å²) in [5, 5.41) is 0.605. The number of thiophene rings is 1. The smallest absolute Gasteiger partial charge is 0.262 e. The summed E-state index contributed by atoms with van der Waals surface area (Å²) >= 11 is 1.52. The van der Waals surface area contributed by atoms with Crippen LogP contribution >= 0.6 is 11.3 Å². The molecule has 0 unspecified atom stereocenters. The van der Waals surface area contributed by atoms with Gasteiger partial charge in [-0.3, -0.25) is 14.2 Å². The maximum Gasteiger partial charge on any atom is 0.262 e. The molecule has 0 fully saturated rings. The highest BCUT2D eigenvalue weighted by Gasteiger charge is 2.23. The van der Waals surface area contributed by atoms with Crippen LogP contribution in [0.4, 0.5) is 5.69 Å². The number of hydrogen-bond acceptors (Lipinski definition) is 4. The molecule has 1 aliphatic rings. The van der Waals surface area contributed by atoms with E-state index in [4.69, 9.17) is 0 Å². The van der Waals surface area contributed by atoms with Gasteiger partial charge in [0, 0.05) is 17.1 Å². The van der Waals surface area contributed by atoms with Crippen molar-refractivity contribution >= 4 is 33.1 Å². The van der Waals surface area contributed by atoms with Gasteiger partial charge in [0.05, 0.1) is 11.7 Å². The third kappa shape index (κ3) is 3.13. The van der Waals surface area contributed by atoms with Crippen molar-refractivity contribution < 1.29 is 4.79 Å². The summed E-state index contributed by atoms with van der Waals surface area (Å²) in [6.07, 6.45) is 3.41. The molecule has 30 heavy (non-hydrogen) atoms. The Kier molecular flexibility index (Phi) is 4.71. The molecule has 4 aromatic rings. The van der Waals surface area contributed by atoms with Crippen LogP contribution in [0.1, 0.15) is 17.5 Å². The molecule has 5 nitrogen and oxygen atoms in total. The molecule has 0 radical (unpaired) electrons. The molecule has 2 aromatic carbocycles. The first kappa shape index (κ1) is 18.8. The van der Waals surface area contributed by atoms with Crippen LogP contribution < -0.4 is 10.5 Å². The van der Waals surface area contributed by atoms with Crippen molar-refractivity contribution in [1.29, 1.82) is 0 Å². The van der Waals surface area contributed by atoms with Crippen molar-refractivity contribution in [3.05, 3.63) is 82.4 Å². The van der Waals surface area contributed by atoms with Crippen LogP contribution in [0.3, 0.4) is 0 Å². The van der Waals surface area contributed by atoms with E-state index in [9.17, 15) is 9.59 Å². The van der Waals surface area contributed by atoms with Gasteiger partial charge in [-0.2, -0.15) is 0 Å². The number of nitrogens with zero attached hydrogens (tertiary/aromatic N) is 3. The van der Waals surface area contributed by atoms with Crippen molar-refractivity contribution in [1.82, 2.24) is 9.55 Å². The Hall–Kier alpha value is -3.25. The lowest BCUT2D eigenvalue weighted by atomic mass is 10.0. The first-order valence-electron chi connectivity index (χ1n) is 10.1. The predicted octanol–water partition coefficient (Wildman–Crippen LogP) is 4.41. The highest BCUT2D eigenvalue weighted by Crippen LogP contribution is 2.35. The Morgan fingerprint density at radius 1 is 1.10 bits per heavy atom. The van der Waals surface area contributed by atoms with Gasteiger partial charge in [-0.05, 0) is 42.5 Å². The van der Waals surface area contributed by atoms with E-state index in [0.29, 0.717) is 16.8 Å². The standard InChI is InChI=1S/C24H21N3O2S/c1-16-21-23(30-22(16)18-9-3-2-4-10-18)25-15-26(24(21)29)14-20(28)27-13-7-11-17-8-5-6-12-19(17)27/h2-6,8-10,12,15H,7,11,13-14H2,1H3. The molecule has 5 rings (SSSR count). The summed E-state index contributed by atoms with van der Waals surface area (Å²) in [4.78, 5) is 34.3. The SMILES string of the molecule is Cc1c(-c2ccccc2)sc2ncn(CC(=O)N3CCCc4ccccc43)c(=O)c12. The lowest BCUT2D eigenvalue weighted by Gasteiger charge is -2.29. The van der Waals surface area contributed by atoms with E-state index in [2.05, 4.69) is 11.1 Å². The fourth-order valence-corrected chi connectivity index (χ4v) is 5.31. The Balaban J connectivity index is 1.50. The molecule has 0 N–H and O–H groups in total. The minimum Gasteiger partial charge on any atom is -0.311 e. The second kappa shape index (κ2) is 7.54. The summed E-state index contributed by atoms with van der Waals surface area (Å²) in [6.45, 7) is 2.62. The minimum absolute atomic E-state index is 0.00787. The van der Waals surface area contributed by atoms with Crippen molar-refractivity contribution in [2.45, 2.75) is 26.3 Å². The van der Waals surface area contributed by atoms with Crippen LogP contribution in [0, 0.1) is 6.92 Å². The third-order valence-electron chi connectivity index (χ3n) is 5.67. The van der Waals surface area contributed by atoms with Crippen LogP contribution in [-0.4, -0.2) is 22.0 Å². The number of rotatable bonds is 3. The van der Waals surface area contributed by atoms with E-state index < -0.39 is 0 Å². The van der Waals surface area contributed by atoms with Crippen LogP contribution in [0.25, 0.3) is 20.7 Å². The van der Waals surface area contributed by atoms with Crippen LogP contribution in [0.15, 0.2) is 65.7 Å². The molecule has 0 saturated carbocycles. The Labute approximate surface area is 178 Å². The Morgan fingerprint density at radius 3 is 2.70 bits per heavy atom. The summed E-state index contributed by atoms with van der Waals surface area (Å²) in [5.74, 6) is -0.0819. The number of anilines is 1. The van der Waals surface area contributed by atoms with E-state index in [-0.39, 0.29) is 18.0 Å². The van der Waals surface area contributed by atoms with Crippen LogP contribution in [0.2, 0.25) is 0 Å². The number of para-hydroxylation sites is 1. The molecule has 150 valence electrons. The monoisotopic (exact) mass is 415 g/mol. The Bertz CT molecular complexity index is 1310. The average molecular weight is 416 g/mol. The molecule has 0 bridgehead atoms. The second-order valence-corrected chi connectivity index (χ2v) is 8.56. The van der Waals surface area contributed by atoms with Gasteiger partial charge in [0.2, 0.25) is 5.91 Å². The second-order valence-electron chi connectivity index (χ2n) is 7.56. The lowest BCUT2D eigenvalue weighted by Crippen LogP contribution is -2.39. The quantitative estimate of drug-likeness (QED) is 0.498. The number of amides is 1. The highest BCUT2D eigenvalue weighted by atomic mass is 32.1. The molecule has 6 heteroatoms. The predicted molar refractivity (Wildman–Crippen MR) is 121 cm³/mol. The fourth-order valence-electron chi connectivity index (χ4n) is 4.16. The molecule has 0 spiro atoms. The molecule has 0 aliphatic carbocycles. The zero-order chi connectivity index (χ0) is 20.7. The van der Waals surface area contributed by atoms with E-state index in [1.807, 2.05) is 55.5 Å². The lowest BCUT2D eigenvalue weighted by molar-refractivity contribution is -0.119. The van der Waals surface area contributed by atoms with Gasteiger partial charge in [-0.25, -0.2) is 4.98 Å². The first-order chi connectivity index (χ1) is 14.6. The van der Waals surface area contributed by atoms with Crippen molar-refractivity contribution in [3.63, 3.8) is 0 Å². The van der Waals surface area contributed by atoms with Crippen molar-refractivity contribution in [3.8, 4) is 10.4 Å². The molecule has 1 aliphatic heterocycles. The summed E-state index contributed by atoms with van der Waals surface area (Å²) < 4.78 is 1.44. The van der Waals surface area contributed by atoms with Gasteiger partial charge in [0.25, 0.3) is 5.56 Å². The largest absolute Gasteiger partial charge is 0.311 e. The highest BCUT2D eigenvalue weighted by molar-refractivity contribution is 7.22. The topological polar surface area (TPSA) is 55.2 Å². The van der Waals surface area contributed by atoms with E-state index in [0.717, 1.165) is 34.5 Å². The maximum atomic E-state index is 13.2. The number of carbonyl (C=O) groups excluding carboxylic acids is 1. The zero-order valence-electron chi connectivity index (χ0n) is 16.7. The third-order valence-corrected chi connectivity index (χ3v) is 6.92. The summed E-state index contributed by atoms with van der Waals surface area (Å²) in [5.41, 5.74) is 3.97. The fraction of sp³-hybridized carbons (Fsp3) is 0.208. The number of carbonyl (C=O) groups is 1. The summed E-state index contributed by atoms with van der Waals surface area (Å²) in [6, 6.07) is 18.0. The molecular weight excluding hydrogens is 394 g/mol. The van der Waals surface area contributed by atoms with Gasteiger partial charge in [0.15, 0.2) is 0 Å². The average Bonchev–Trinajstić information content (AvgIpc) is 3.13. The van der Waals surface area contributed by atoms with E-state index in [1.54, 1.807) is 4.90 Å². The first-order valence-corrected chi connectivity index (χ1v) is 10.9. The number of hydrogen-bond donors (Lipinski definition) is 0. The molecule has 3 heterocycles. The van der Waals surface area contributed by atoms with Gasteiger partial charge in [-0.15, -0.1) is 11.3 Å². The van der Waals surface area contributed by atoms with Gasteiger partial charge < -0.3 is 4.90 Å². The van der Waals surface area contributed by atoms with Gasteiger partial charge in [0.1, 0.15) is 11.4 Å². The van der Waals surface area contributed by atoms with E-state index in [1.165, 1.54) is 27.8 Å². The van der Waals surface area contributed by atoms with Crippen LogP contribution in [0.5, 0.6) is 0 Å². The minimum atomic E-state index is -0.158. The van der Waals surface area contributed by atoms with E-state index >= 15 is 0 Å². The van der Waals surface area contributed by atoms with Crippen LogP contribution in [-0.2, 0) is 17.8 Å². The van der Waals surface area contributed by atoms with Crippen molar-refractivity contribution in [2.75, 3.05) is 11.4 Å². The van der Waals surface area contributed by atoms with Gasteiger partial charge >= 0.3 is 0 Å². The molecule has 0 atom stereocenters. The van der Waals surface area contributed by atoms with Crippen molar-refractivity contribution in [2.24, 2.45) is 0 Å². The maximum absolute atomic E-state index is 13.2.